The lowest BCUT2D eigenvalue weighted by Gasteiger charge is -2.06. The summed E-state index contributed by atoms with van der Waals surface area (Å²) in [4.78, 5) is 16.9. The number of pyridine rings is 1. The minimum Gasteiger partial charge on any atom is -0.461 e. The second-order valence-corrected chi connectivity index (χ2v) is 6.85. The molecule has 0 bridgehead atoms. The van der Waals surface area contributed by atoms with Crippen LogP contribution in [0.15, 0.2) is 6.07 Å². The van der Waals surface area contributed by atoms with Gasteiger partial charge in [0.15, 0.2) is 11.3 Å². The monoisotopic (exact) mass is 316 g/mol. The molecule has 0 spiro atoms. The van der Waals surface area contributed by atoms with E-state index in [1.165, 1.54) is 0 Å². The van der Waals surface area contributed by atoms with Crippen molar-refractivity contribution in [1.29, 1.82) is 0 Å². The van der Waals surface area contributed by atoms with Crippen molar-refractivity contribution < 1.29 is 9.53 Å². The number of anilines is 1. The number of hydrogen-bond donors (Lipinski definition) is 1. The van der Waals surface area contributed by atoms with Crippen molar-refractivity contribution in [2.45, 2.75) is 46.6 Å². The van der Waals surface area contributed by atoms with E-state index in [1.807, 2.05) is 6.92 Å². The van der Waals surface area contributed by atoms with E-state index in [1.54, 1.807) is 10.7 Å². The van der Waals surface area contributed by atoms with Crippen molar-refractivity contribution in [3.63, 3.8) is 0 Å². The van der Waals surface area contributed by atoms with Crippen molar-refractivity contribution in [2.75, 3.05) is 12.3 Å². The molecule has 2 heterocycles. The Balaban J connectivity index is 1.96. The van der Waals surface area contributed by atoms with Crippen LogP contribution in [0.1, 0.15) is 49.3 Å². The lowest BCUT2D eigenvalue weighted by atomic mass is 10.1. The number of nitrogens with zero attached hydrogens (tertiary/aromatic N) is 3. The minimum atomic E-state index is -0.400. The van der Waals surface area contributed by atoms with E-state index in [0.717, 1.165) is 25.0 Å². The van der Waals surface area contributed by atoms with Gasteiger partial charge in [0, 0.05) is 17.9 Å². The van der Waals surface area contributed by atoms with Gasteiger partial charge < -0.3 is 10.5 Å². The first-order valence-corrected chi connectivity index (χ1v) is 8.26. The number of nitrogens with two attached hydrogens (primary N) is 1. The first-order chi connectivity index (χ1) is 11.0. The number of carbonyl (C=O) groups is 1. The van der Waals surface area contributed by atoms with E-state index in [-0.39, 0.29) is 5.69 Å². The normalized spacial score (nSPS) is 14.6. The van der Waals surface area contributed by atoms with E-state index in [2.05, 4.69) is 23.9 Å². The molecule has 0 radical (unpaired) electrons. The largest absolute Gasteiger partial charge is 0.461 e. The Morgan fingerprint density at radius 3 is 2.87 bits per heavy atom. The highest BCUT2D eigenvalue weighted by Gasteiger charge is 2.26. The second kappa shape index (κ2) is 6.18. The molecule has 3 rings (SSSR count). The fraction of sp³-hybridized carbons (Fsp3) is 0.588. The molecule has 0 saturated heterocycles. The predicted octanol–water partition coefficient (Wildman–Crippen LogP) is 2.93. The van der Waals surface area contributed by atoms with Crippen molar-refractivity contribution >= 4 is 22.7 Å². The average Bonchev–Trinajstić information content (AvgIpc) is 3.23. The van der Waals surface area contributed by atoms with Crippen molar-refractivity contribution in [1.82, 2.24) is 14.8 Å². The summed E-state index contributed by atoms with van der Waals surface area (Å²) in [6.07, 6.45) is 3.24. The van der Waals surface area contributed by atoms with Crippen molar-refractivity contribution in [3.8, 4) is 0 Å². The highest BCUT2D eigenvalue weighted by Crippen LogP contribution is 2.30. The number of rotatable bonds is 6. The Morgan fingerprint density at radius 1 is 1.48 bits per heavy atom. The molecule has 0 aromatic carbocycles. The van der Waals surface area contributed by atoms with Crippen LogP contribution < -0.4 is 5.73 Å². The van der Waals surface area contributed by atoms with Crippen LogP contribution in [0.25, 0.3) is 11.0 Å². The molecule has 1 saturated carbocycles. The summed E-state index contributed by atoms with van der Waals surface area (Å²) in [5.41, 5.74) is 8.43. The van der Waals surface area contributed by atoms with Gasteiger partial charge in [-0.3, -0.25) is 0 Å². The van der Waals surface area contributed by atoms with Gasteiger partial charge in [0.25, 0.3) is 0 Å². The summed E-state index contributed by atoms with van der Waals surface area (Å²) in [7, 11) is 0. The Labute approximate surface area is 136 Å². The summed E-state index contributed by atoms with van der Waals surface area (Å²) in [5.74, 6) is 0.662. The van der Waals surface area contributed by atoms with Gasteiger partial charge in [0.2, 0.25) is 0 Å². The zero-order chi connectivity index (χ0) is 16.6. The molecule has 0 aliphatic heterocycles. The van der Waals surface area contributed by atoms with Gasteiger partial charge in [-0.25, -0.2) is 14.5 Å². The number of carbonyl (C=O) groups excluding carboxylic acids is 1. The Bertz CT molecular complexity index is 732. The van der Waals surface area contributed by atoms with E-state index in [9.17, 15) is 4.79 Å². The lowest BCUT2D eigenvalue weighted by molar-refractivity contribution is 0.0480. The molecule has 6 heteroatoms. The molecule has 2 N–H and O–H groups in total. The van der Waals surface area contributed by atoms with Crippen LogP contribution in [0.2, 0.25) is 0 Å². The number of hydrogen-bond acceptors (Lipinski definition) is 5. The van der Waals surface area contributed by atoms with Gasteiger partial charge in [-0.1, -0.05) is 13.8 Å². The third-order valence-electron chi connectivity index (χ3n) is 4.12. The van der Waals surface area contributed by atoms with Gasteiger partial charge in [0.05, 0.1) is 12.0 Å². The molecule has 1 aliphatic carbocycles. The van der Waals surface area contributed by atoms with Gasteiger partial charge >= 0.3 is 5.97 Å². The number of fused-ring (bicyclic) bond motifs is 1. The molecule has 2 aromatic rings. The van der Waals surface area contributed by atoms with Crippen molar-refractivity contribution in [3.05, 3.63) is 17.5 Å². The van der Waals surface area contributed by atoms with Crippen LogP contribution in [0, 0.1) is 18.8 Å². The summed E-state index contributed by atoms with van der Waals surface area (Å²) >= 11 is 0. The van der Waals surface area contributed by atoms with E-state index < -0.39 is 5.97 Å². The zero-order valence-electron chi connectivity index (χ0n) is 14.0. The fourth-order valence-corrected chi connectivity index (χ4v) is 2.55. The topological polar surface area (TPSA) is 83.0 Å². The third kappa shape index (κ3) is 3.46. The molecule has 23 heavy (non-hydrogen) atoms. The fourth-order valence-electron chi connectivity index (χ4n) is 2.55. The standard InChI is InChI=1S/C17H24N4O2/c1-10(2)6-7-21-16-14(13(18)8-11(3)19-16)15(20-21)17(22)23-9-12-4-5-12/h8,10,12H,4-7,9H2,1-3H3,(H2,18,19). The molecule has 1 fully saturated rings. The van der Waals surface area contributed by atoms with Crippen LogP contribution in [-0.4, -0.2) is 27.3 Å². The summed E-state index contributed by atoms with van der Waals surface area (Å²) in [6.45, 7) is 7.38. The average molecular weight is 316 g/mol. The second-order valence-electron chi connectivity index (χ2n) is 6.85. The van der Waals surface area contributed by atoms with Gasteiger partial charge in [-0.05, 0) is 44.1 Å². The predicted molar refractivity (Wildman–Crippen MR) is 89.1 cm³/mol. The highest BCUT2D eigenvalue weighted by molar-refractivity contribution is 6.06. The molecule has 6 nitrogen and oxygen atoms in total. The number of aryl methyl sites for hydroxylation is 2. The molecule has 0 atom stereocenters. The smallest absolute Gasteiger partial charge is 0.359 e. The number of esters is 1. The molecule has 2 aromatic heterocycles. The van der Waals surface area contributed by atoms with Crippen LogP contribution in [-0.2, 0) is 11.3 Å². The Kier molecular flexibility index (Phi) is 4.24. The van der Waals surface area contributed by atoms with Crippen LogP contribution in [0.4, 0.5) is 5.69 Å². The van der Waals surface area contributed by atoms with Gasteiger partial charge in [-0.15, -0.1) is 0 Å². The molecule has 1 aliphatic rings. The molecule has 124 valence electrons. The molecular formula is C17H24N4O2. The summed E-state index contributed by atoms with van der Waals surface area (Å²) in [5, 5.41) is 5.07. The first-order valence-electron chi connectivity index (χ1n) is 8.26. The number of nitrogen functional groups attached to an aromatic ring is 1. The maximum Gasteiger partial charge on any atom is 0.359 e. The van der Waals surface area contributed by atoms with E-state index in [4.69, 9.17) is 10.5 Å². The first kappa shape index (κ1) is 15.8. The molecule has 0 amide bonds. The lowest BCUT2D eigenvalue weighted by Crippen LogP contribution is -2.10. The summed E-state index contributed by atoms with van der Waals surface area (Å²) in [6, 6.07) is 1.77. The van der Waals surface area contributed by atoms with Crippen molar-refractivity contribution in [2.24, 2.45) is 11.8 Å². The Hall–Kier alpha value is -2.11. The van der Waals surface area contributed by atoms with E-state index >= 15 is 0 Å². The minimum absolute atomic E-state index is 0.286. The molecular weight excluding hydrogens is 292 g/mol. The maximum absolute atomic E-state index is 12.4. The van der Waals surface area contributed by atoms with E-state index in [0.29, 0.717) is 41.7 Å². The zero-order valence-corrected chi connectivity index (χ0v) is 14.0. The summed E-state index contributed by atoms with van der Waals surface area (Å²) < 4.78 is 7.17. The Morgan fingerprint density at radius 2 is 2.22 bits per heavy atom. The quantitative estimate of drug-likeness (QED) is 0.828. The number of aromatic nitrogens is 3. The molecule has 0 unspecified atom stereocenters. The SMILES string of the molecule is Cc1cc(N)c2c(C(=O)OCC3CC3)nn(CCC(C)C)c2n1. The highest BCUT2D eigenvalue weighted by atomic mass is 16.5. The van der Waals surface area contributed by atoms with Crippen LogP contribution in [0.5, 0.6) is 0 Å². The van der Waals surface area contributed by atoms with Crippen LogP contribution in [0.3, 0.4) is 0 Å². The van der Waals surface area contributed by atoms with Gasteiger partial charge in [-0.2, -0.15) is 5.10 Å². The third-order valence-corrected chi connectivity index (χ3v) is 4.12. The van der Waals surface area contributed by atoms with Gasteiger partial charge in [0.1, 0.15) is 0 Å². The maximum atomic E-state index is 12.4. The van der Waals surface area contributed by atoms with Crippen LogP contribution >= 0.6 is 0 Å². The number of ether oxygens (including phenoxy) is 1.